The Morgan fingerprint density at radius 1 is 0.828 bits per heavy atom. The average Bonchev–Trinajstić information content (AvgIpc) is 2.74. The summed E-state index contributed by atoms with van der Waals surface area (Å²) in [5, 5.41) is 3.52. The zero-order chi connectivity index (χ0) is 20.3. The van der Waals surface area contributed by atoms with Gasteiger partial charge in [0, 0.05) is 17.8 Å². The van der Waals surface area contributed by atoms with Crippen LogP contribution in [0.1, 0.15) is 15.9 Å². The van der Waals surface area contributed by atoms with E-state index in [1.54, 1.807) is 60.9 Å². The summed E-state index contributed by atoms with van der Waals surface area (Å²) in [5.74, 6) is -0.460. The summed E-state index contributed by atoms with van der Waals surface area (Å²) in [5.41, 5.74) is 1.26. The number of carbonyl (C=O) groups is 1. The molecular weight excluding hydrogens is 386 g/mol. The highest BCUT2D eigenvalue weighted by atomic mass is 32.2. The number of sulfone groups is 1. The highest BCUT2D eigenvalue weighted by molar-refractivity contribution is 7.90. The number of hydrogen-bond acceptors (Lipinski definition) is 5. The van der Waals surface area contributed by atoms with Gasteiger partial charge < -0.3 is 5.32 Å². The molecule has 0 fully saturated rings. The van der Waals surface area contributed by atoms with E-state index in [9.17, 15) is 13.2 Å². The number of nitrogens with one attached hydrogen (secondary N) is 1. The number of amides is 1. The Labute approximate surface area is 168 Å². The molecule has 1 N–H and O–H groups in total. The molecular formula is C22H17N3O3S. The van der Waals surface area contributed by atoms with E-state index in [0.717, 1.165) is 5.39 Å². The van der Waals surface area contributed by atoms with Crippen LogP contribution >= 0.6 is 0 Å². The van der Waals surface area contributed by atoms with E-state index in [1.165, 1.54) is 12.1 Å². The monoisotopic (exact) mass is 403 g/mol. The van der Waals surface area contributed by atoms with E-state index < -0.39 is 15.7 Å². The van der Waals surface area contributed by atoms with Gasteiger partial charge >= 0.3 is 0 Å². The largest absolute Gasteiger partial charge is 0.305 e. The van der Waals surface area contributed by atoms with Crippen molar-refractivity contribution in [3.8, 4) is 0 Å². The van der Waals surface area contributed by atoms with Gasteiger partial charge in [-0.3, -0.25) is 9.78 Å². The number of hydrogen-bond donors (Lipinski definition) is 1. The van der Waals surface area contributed by atoms with E-state index in [0.29, 0.717) is 11.1 Å². The molecule has 7 heteroatoms. The van der Waals surface area contributed by atoms with Crippen LogP contribution in [-0.2, 0) is 15.6 Å². The SMILES string of the molecule is O=C(Nc1nccc2cccnc12)c1ccccc1S(=O)(=O)Cc1ccccc1. The van der Waals surface area contributed by atoms with Crippen molar-refractivity contribution in [2.45, 2.75) is 10.6 Å². The summed E-state index contributed by atoms with van der Waals surface area (Å²) in [6.45, 7) is 0. The first-order valence-electron chi connectivity index (χ1n) is 8.91. The highest BCUT2D eigenvalue weighted by Crippen LogP contribution is 2.23. The molecule has 6 nitrogen and oxygen atoms in total. The number of rotatable bonds is 5. The number of fused-ring (bicyclic) bond motifs is 1. The number of nitrogens with zero attached hydrogens (tertiary/aromatic N) is 2. The Morgan fingerprint density at radius 2 is 1.59 bits per heavy atom. The quantitative estimate of drug-likeness (QED) is 0.547. The lowest BCUT2D eigenvalue weighted by molar-refractivity contribution is 0.102. The lowest BCUT2D eigenvalue weighted by atomic mass is 10.2. The Hall–Kier alpha value is -3.58. The minimum Gasteiger partial charge on any atom is -0.305 e. The minimum absolute atomic E-state index is 0.0189. The maximum absolute atomic E-state index is 13.0. The van der Waals surface area contributed by atoms with E-state index in [4.69, 9.17) is 0 Å². The van der Waals surface area contributed by atoms with Gasteiger partial charge in [-0.1, -0.05) is 48.5 Å². The third-order valence-corrected chi connectivity index (χ3v) is 6.16. The molecule has 0 unspecified atom stereocenters. The molecule has 0 atom stereocenters. The van der Waals surface area contributed by atoms with Gasteiger partial charge in [-0.25, -0.2) is 13.4 Å². The van der Waals surface area contributed by atoms with Crippen LogP contribution < -0.4 is 5.32 Å². The third kappa shape index (κ3) is 4.00. The average molecular weight is 403 g/mol. The predicted molar refractivity (Wildman–Crippen MR) is 111 cm³/mol. The number of pyridine rings is 2. The third-order valence-electron chi connectivity index (χ3n) is 4.42. The Morgan fingerprint density at radius 3 is 2.41 bits per heavy atom. The van der Waals surface area contributed by atoms with Gasteiger partial charge in [-0.15, -0.1) is 0 Å². The second kappa shape index (κ2) is 7.81. The van der Waals surface area contributed by atoms with Crippen LogP contribution in [0.4, 0.5) is 5.82 Å². The van der Waals surface area contributed by atoms with Crippen LogP contribution in [0.5, 0.6) is 0 Å². The van der Waals surface area contributed by atoms with E-state index in [1.807, 2.05) is 12.1 Å². The molecule has 2 heterocycles. The molecule has 2 aromatic heterocycles. The van der Waals surface area contributed by atoms with Crippen molar-refractivity contribution in [1.29, 1.82) is 0 Å². The smallest absolute Gasteiger partial charge is 0.258 e. The van der Waals surface area contributed by atoms with E-state index in [-0.39, 0.29) is 22.0 Å². The molecule has 0 spiro atoms. The number of aromatic nitrogens is 2. The van der Waals surface area contributed by atoms with Gasteiger partial charge in [0.2, 0.25) is 0 Å². The molecule has 0 bridgehead atoms. The number of anilines is 1. The van der Waals surface area contributed by atoms with Crippen LogP contribution in [0.3, 0.4) is 0 Å². The van der Waals surface area contributed by atoms with Gasteiger partial charge in [0.05, 0.1) is 16.2 Å². The molecule has 0 radical (unpaired) electrons. The molecule has 2 aromatic carbocycles. The molecule has 0 saturated heterocycles. The van der Waals surface area contributed by atoms with Crippen molar-refractivity contribution in [3.63, 3.8) is 0 Å². The zero-order valence-electron chi connectivity index (χ0n) is 15.3. The Kier molecular flexibility index (Phi) is 5.05. The molecule has 4 rings (SSSR count). The van der Waals surface area contributed by atoms with Gasteiger partial charge in [-0.05, 0) is 29.8 Å². The van der Waals surface area contributed by atoms with Crippen molar-refractivity contribution in [2.24, 2.45) is 0 Å². The van der Waals surface area contributed by atoms with Gasteiger partial charge in [-0.2, -0.15) is 0 Å². The van der Waals surface area contributed by atoms with Gasteiger partial charge in [0.1, 0.15) is 5.52 Å². The summed E-state index contributed by atoms with van der Waals surface area (Å²) in [4.78, 5) is 21.4. The lowest BCUT2D eigenvalue weighted by Crippen LogP contribution is -2.18. The zero-order valence-corrected chi connectivity index (χ0v) is 16.1. The normalized spacial score (nSPS) is 11.3. The number of benzene rings is 2. The predicted octanol–water partition coefficient (Wildman–Crippen LogP) is 3.86. The minimum atomic E-state index is -3.72. The molecule has 0 aliphatic rings. The maximum Gasteiger partial charge on any atom is 0.258 e. The molecule has 1 amide bonds. The molecule has 29 heavy (non-hydrogen) atoms. The fourth-order valence-corrected chi connectivity index (χ4v) is 4.64. The summed E-state index contributed by atoms with van der Waals surface area (Å²) < 4.78 is 26.0. The molecule has 4 aromatic rings. The summed E-state index contributed by atoms with van der Waals surface area (Å²) >= 11 is 0. The molecule has 0 aliphatic carbocycles. The van der Waals surface area contributed by atoms with Crippen LogP contribution in [0.2, 0.25) is 0 Å². The van der Waals surface area contributed by atoms with Crippen LogP contribution in [-0.4, -0.2) is 24.3 Å². The van der Waals surface area contributed by atoms with Crippen molar-refractivity contribution in [1.82, 2.24) is 9.97 Å². The summed E-state index contributed by atoms with van der Waals surface area (Å²) in [6, 6.07) is 20.5. The summed E-state index contributed by atoms with van der Waals surface area (Å²) in [7, 11) is -3.72. The first-order chi connectivity index (χ1) is 14.0. The van der Waals surface area contributed by atoms with Crippen molar-refractivity contribution >= 4 is 32.5 Å². The Bertz CT molecular complexity index is 1280. The van der Waals surface area contributed by atoms with Gasteiger partial charge in [0.15, 0.2) is 15.7 Å². The topological polar surface area (TPSA) is 89.0 Å². The second-order valence-electron chi connectivity index (χ2n) is 6.43. The first kappa shape index (κ1) is 18.8. The fraction of sp³-hybridized carbons (Fsp3) is 0.0455. The second-order valence-corrected chi connectivity index (χ2v) is 8.39. The maximum atomic E-state index is 13.0. The fourth-order valence-electron chi connectivity index (χ4n) is 3.07. The van der Waals surface area contributed by atoms with Crippen LogP contribution in [0, 0.1) is 0 Å². The summed E-state index contributed by atoms with van der Waals surface area (Å²) in [6.07, 6.45) is 3.18. The lowest BCUT2D eigenvalue weighted by Gasteiger charge is -2.11. The van der Waals surface area contributed by atoms with E-state index >= 15 is 0 Å². The molecule has 144 valence electrons. The van der Waals surface area contributed by atoms with Crippen molar-refractivity contribution < 1.29 is 13.2 Å². The van der Waals surface area contributed by atoms with Gasteiger partial charge in [0.25, 0.3) is 5.91 Å². The molecule has 0 aliphatic heterocycles. The number of carbonyl (C=O) groups excluding carboxylic acids is 1. The van der Waals surface area contributed by atoms with Crippen LogP contribution in [0.15, 0.2) is 90.1 Å². The van der Waals surface area contributed by atoms with Crippen molar-refractivity contribution in [2.75, 3.05) is 5.32 Å². The molecule has 0 saturated carbocycles. The standard InChI is InChI=1S/C22H17N3O3S/c26-22(25-21-20-17(12-14-24-21)9-6-13-23-20)18-10-4-5-11-19(18)29(27,28)15-16-7-2-1-3-8-16/h1-14H,15H2,(H,24,25,26). The van der Waals surface area contributed by atoms with Crippen LogP contribution in [0.25, 0.3) is 10.9 Å². The highest BCUT2D eigenvalue weighted by Gasteiger charge is 2.23. The first-order valence-corrected chi connectivity index (χ1v) is 10.6. The van der Waals surface area contributed by atoms with E-state index in [2.05, 4.69) is 15.3 Å². The van der Waals surface area contributed by atoms with Crippen molar-refractivity contribution in [3.05, 3.63) is 96.3 Å². The Balaban J connectivity index is 1.68.